The number of likely N-dealkylation sites (tertiary alicyclic amines) is 1. The predicted molar refractivity (Wildman–Crippen MR) is 162 cm³/mol. The number of amides is 2. The molecule has 3 heterocycles. The average molecular weight is 628 g/mol. The fourth-order valence-electron chi connectivity index (χ4n) is 6.77. The number of halogens is 1. The molecule has 3 unspecified atom stereocenters. The van der Waals surface area contributed by atoms with Crippen molar-refractivity contribution in [3.05, 3.63) is 67.8 Å². The van der Waals surface area contributed by atoms with Gasteiger partial charge in [0.05, 0.1) is 29.2 Å². The number of alkyl halides is 1. The maximum atomic E-state index is 14.8. The van der Waals surface area contributed by atoms with E-state index in [2.05, 4.69) is 29.1 Å². The van der Waals surface area contributed by atoms with Gasteiger partial charge in [-0.15, -0.1) is 18.3 Å². The topological polar surface area (TPSA) is 87.2 Å². The minimum Gasteiger partial charge on any atom is -0.461 e. The van der Waals surface area contributed by atoms with E-state index < -0.39 is 34.6 Å². The van der Waals surface area contributed by atoms with Crippen LogP contribution in [0.1, 0.15) is 20.3 Å². The van der Waals surface area contributed by atoms with Crippen LogP contribution in [0.2, 0.25) is 0 Å². The molecule has 2 bridgehead atoms. The second-order valence-corrected chi connectivity index (χ2v) is 13.8. The van der Waals surface area contributed by atoms with Crippen molar-refractivity contribution in [1.82, 2.24) is 4.90 Å². The van der Waals surface area contributed by atoms with Crippen LogP contribution >= 0.6 is 27.7 Å². The summed E-state index contributed by atoms with van der Waals surface area (Å²) >= 11 is 5.33. The summed E-state index contributed by atoms with van der Waals surface area (Å²) in [4.78, 5) is 45.7. The van der Waals surface area contributed by atoms with Crippen molar-refractivity contribution in [2.75, 3.05) is 24.7 Å². The molecular weight excluding hydrogens is 592 g/mol. The van der Waals surface area contributed by atoms with Gasteiger partial charge in [-0.25, -0.2) is 0 Å². The first-order chi connectivity index (χ1) is 19.2. The van der Waals surface area contributed by atoms with E-state index in [0.717, 1.165) is 10.8 Å². The highest BCUT2D eigenvalue weighted by Gasteiger charge is 2.76. The minimum absolute atomic E-state index is 0.0555. The summed E-state index contributed by atoms with van der Waals surface area (Å²) in [7, 11) is 0. The van der Waals surface area contributed by atoms with Crippen LogP contribution in [-0.4, -0.2) is 74.5 Å². The van der Waals surface area contributed by atoms with Crippen molar-refractivity contribution < 1.29 is 24.2 Å². The number of rotatable bonds is 10. The number of thioether (sulfide) groups is 1. The van der Waals surface area contributed by atoms with E-state index >= 15 is 0 Å². The third kappa shape index (κ3) is 4.50. The third-order valence-corrected chi connectivity index (χ3v) is 11.7. The first kappa shape index (κ1) is 28.9. The van der Waals surface area contributed by atoms with Crippen LogP contribution in [-0.2, 0) is 19.1 Å². The lowest BCUT2D eigenvalue weighted by Gasteiger charge is -2.41. The van der Waals surface area contributed by atoms with Crippen LogP contribution in [0.4, 0.5) is 5.69 Å². The highest BCUT2D eigenvalue weighted by atomic mass is 79.9. The Labute approximate surface area is 247 Å². The molecule has 0 aliphatic carbocycles. The first-order valence-electron chi connectivity index (χ1n) is 13.6. The smallest absolute Gasteiger partial charge is 0.311 e. The number of aliphatic hydroxyl groups is 1. The standard InChI is InChI=1S/C31H35BrN2O5S/c1-5-13-33(21-12-11-19-9-7-8-10-20(19)15-21)29(37)27-31-16-22(32)26(40-31)24(30(38)39-14-6-2)25(31)28(36)34(27)23(17-35)18(3)4/h5-12,15,18,22-27,35H,1-2,13-14,16-17H2,3-4H3/t22?,23-,24+,25-,26+,27?,31?/m0/s1. The molecule has 0 radical (unpaired) electrons. The quantitative estimate of drug-likeness (QED) is 0.236. The summed E-state index contributed by atoms with van der Waals surface area (Å²) in [6.45, 7) is 11.4. The molecule has 1 N–H and O–H groups in total. The number of carbonyl (C=O) groups excluding carboxylic acids is 3. The Morgan fingerprint density at radius 2 is 1.95 bits per heavy atom. The van der Waals surface area contributed by atoms with E-state index in [1.54, 1.807) is 27.6 Å². The molecule has 7 nitrogen and oxygen atoms in total. The lowest BCUT2D eigenvalue weighted by atomic mass is 9.71. The van der Waals surface area contributed by atoms with Crippen molar-refractivity contribution in [1.29, 1.82) is 0 Å². The maximum absolute atomic E-state index is 14.8. The largest absolute Gasteiger partial charge is 0.461 e. The zero-order valence-corrected chi connectivity index (χ0v) is 25.1. The van der Waals surface area contributed by atoms with Gasteiger partial charge in [-0.1, -0.05) is 78.8 Å². The summed E-state index contributed by atoms with van der Waals surface area (Å²) in [5, 5.41) is 12.3. The van der Waals surface area contributed by atoms with Crippen molar-refractivity contribution in [2.45, 2.75) is 47.2 Å². The molecule has 3 aliphatic rings. The normalized spacial score (nSPS) is 29.5. The van der Waals surface area contributed by atoms with E-state index in [9.17, 15) is 19.5 Å². The van der Waals surface area contributed by atoms with Gasteiger partial charge in [0.15, 0.2) is 0 Å². The highest BCUT2D eigenvalue weighted by molar-refractivity contribution is 9.09. The molecule has 0 saturated carbocycles. The Kier molecular flexibility index (Phi) is 8.19. The third-order valence-electron chi connectivity index (χ3n) is 8.51. The molecule has 2 aromatic rings. The first-order valence-corrected chi connectivity index (χ1v) is 15.4. The zero-order chi connectivity index (χ0) is 28.8. The second kappa shape index (κ2) is 11.3. The fourth-order valence-corrected chi connectivity index (χ4v) is 10.4. The van der Waals surface area contributed by atoms with E-state index in [-0.39, 0.29) is 47.6 Å². The van der Waals surface area contributed by atoms with Crippen molar-refractivity contribution in [2.24, 2.45) is 17.8 Å². The summed E-state index contributed by atoms with van der Waals surface area (Å²) in [5.74, 6) is -2.48. The molecule has 7 atom stereocenters. The van der Waals surface area contributed by atoms with Gasteiger partial charge in [0, 0.05) is 22.3 Å². The van der Waals surface area contributed by atoms with Gasteiger partial charge in [-0.05, 0) is 35.2 Å². The van der Waals surface area contributed by atoms with Crippen LogP contribution in [0.5, 0.6) is 0 Å². The van der Waals surface area contributed by atoms with Crippen LogP contribution in [0.15, 0.2) is 67.8 Å². The summed E-state index contributed by atoms with van der Waals surface area (Å²) in [6, 6.07) is 12.4. The van der Waals surface area contributed by atoms with Crippen molar-refractivity contribution in [3.8, 4) is 0 Å². The molecule has 3 saturated heterocycles. The van der Waals surface area contributed by atoms with E-state index in [1.165, 1.54) is 6.08 Å². The second-order valence-electron chi connectivity index (χ2n) is 11.1. The Balaban J connectivity index is 1.63. The van der Waals surface area contributed by atoms with Crippen LogP contribution in [0.25, 0.3) is 10.8 Å². The van der Waals surface area contributed by atoms with Crippen LogP contribution < -0.4 is 4.90 Å². The molecular formula is C31H35BrN2O5S. The number of hydrogen-bond acceptors (Lipinski definition) is 6. The summed E-state index contributed by atoms with van der Waals surface area (Å²) < 4.78 is 4.63. The molecule has 3 aliphatic heterocycles. The van der Waals surface area contributed by atoms with Gasteiger partial charge in [-0.3, -0.25) is 14.4 Å². The molecule has 5 rings (SSSR count). The summed E-state index contributed by atoms with van der Waals surface area (Å²) in [5.41, 5.74) is 0.704. The molecule has 1 spiro atoms. The molecule has 2 aromatic carbocycles. The van der Waals surface area contributed by atoms with E-state index in [0.29, 0.717) is 12.1 Å². The Hall–Kier alpha value is -2.62. The van der Waals surface area contributed by atoms with Crippen molar-refractivity contribution in [3.63, 3.8) is 0 Å². The van der Waals surface area contributed by atoms with Gasteiger partial charge >= 0.3 is 5.97 Å². The van der Waals surface area contributed by atoms with Gasteiger partial charge < -0.3 is 19.6 Å². The highest BCUT2D eigenvalue weighted by Crippen LogP contribution is 2.68. The average Bonchev–Trinajstić information content (AvgIpc) is 3.53. The number of nitrogens with zero attached hydrogens (tertiary/aromatic N) is 2. The predicted octanol–water partition coefficient (Wildman–Crippen LogP) is 4.57. The Morgan fingerprint density at radius 3 is 2.60 bits per heavy atom. The molecule has 9 heteroatoms. The lowest BCUT2D eigenvalue weighted by Crippen LogP contribution is -2.59. The van der Waals surface area contributed by atoms with E-state index in [1.807, 2.05) is 56.3 Å². The van der Waals surface area contributed by atoms with Crippen LogP contribution in [0.3, 0.4) is 0 Å². The Bertz CT molecular complexity index is 1350. The molecule has 3 fully saturated rings. The van der Waals surface area contributed by atoms with Gasteiger partial charge in [0.1, 0.15) is 12.6 Å². The molecule has 0 aromatic heterocycles. The Morgan fingerprint density at radius 1 is 1.23 bits per heavy atom. The lowest BCUT2D eigenvalue weighted by molar-refractivity contribution is -0.153. The molecule has 212 valence electrons. The molecule has 40 heavy (non-hydrogen) atoms. The van der Waals surface area contributed by atoms with Gasteiger partial charge in [0.2, 0.25) is 5.91 Å². The van der Waals surface area contributed by atoms with Crippen LogP contribution in [0, 0.1) is 17.8 Å². The monoisotopic (exact) mass is 626 g/mol. The van der Waals surface area contributed by atoms with Gasteiger partial charge in [0.25, 0.3) is 5.91 Å². The SMILES string of the molecule is C=CCOC(=O)[C@H]1[C@@H]2SC3(CC2Br)C(C(=O)N(CC=C)c2ccc4ccccc4c2)N([C@@H](CO)C(C)C)C(=O)[C@H]13. The molecule has 2 amide bonds. The number of aliphatic hydroxyl groups excluding tert-OH is 1. The zero-order valence-electron chi connectivity index (χ0n) is 22.7. The number of benzene rings is 2. The number of hydrogen-bond donors (Lipinski definition) is 1. The van der Waals surface area contributed by atoms with Crippen molar-refractivity contribution >= 4 is 61.9 Å². The number of ether oxygens (including phenoxy) is 1. The number of esters is 1. The summed E-state index contributed by atoms with van der Waals surface area (Å²) in [6.07, 6.45) is 3.73. The number of anilines is 1. The minimum atomic E-state index is -0.872. The van der Waals surface area contributed by atoms with E-state index in [4.69, 9.17) is 4.74 Å². The number of fused-ring (bicyclic) bond motifs is 2. The fraction of sp³-hybridized carbons (Fsp3) is 0.452. The maximum Gasteiger partial charge on any atom is 0.311 e. The van der Waals surface area contributed by atoms with Gasteiger partial charge in [-0.2, -0.15) is 0 Å². The number of carbonyl (C=O) groups is 3.